The van der Waals surface area contributed by atoms with E-state index in [1.807, 2.05) is 18.7 Å². The van der Waals surface area contributed by atoms with Gasteiger partial charge in [0.25, 0.3) is 0 Å². The van der Waals surface area contributed by atoms with Crippen LogP contribution in [0.5, 0.6) is 0 Å². The molecule has 0 aliphatic heterocycles. The minimum atomic E-state index is -0.438. The van der Waals surface area contributed by atoms with Crippen LogP contribution in [0.2, 0.25) is 0 Å². The molecule has 0 atom stereocenters. The van der Waals surface area contributed by atoms with Gasteiger partial charge < -0.3 is 10.2 Å². The van der Waals surface area contributed by atoms with Crippen LogP contribution in [-0.2, 0) is 6.54 Å². The van der Waals surface area contributed by atoms with Gasteiger partial charge in [-0.25, -0.2) is 8.78 Å². The molecular formula is C16H24F2N2. The Bertz CT molecular complexity index is 419. The smallest absolute Gasteiger partial charge is 0.149 e. The highest BCUT2D eigenvalue weighted by Gasteiger charge is 2.26. The van der Waals surface area contributed by atoms with Crippen molar-refractivity contribution in [2.24, 2.45) is 0 Å². The quantitative estimate of drug-likeness (QED) is 0.852. The fourth-order valence-corrected chi connectivity index (χ4v) is 3.08. The van der Waals surface area contributed by atoms with Gasteiger partial charge in [-0.05, 0) is 44.0 Å². The molecule has 1 aliphatic carbocycles. The molecule has 4 heteroatoms. The first-order chi connectivity index (χ1) is 9.67. The number of hydrogen-bond acceptors (Lipinski definition) is 2. The normalized spacial score (nSPS) is 15.8. The molecule has 0 aromatic heterocycles. The van der Waals surface area contributed by atoms with Gasteiger partial charge in [-0.1, -0.05) is 19.8 Å². The molecule has 1 aromatic rings. The van der Waals surface area contributed by atoms with E-state index < -0.39 is 11.6 Å². The van der Waals surface area contributed by atoms with Crippen molar-refractivity contribution in [2.45, 2.75) is 52.1 Å². The van der Waals surface area contributed by atoms with Crippen LogP contribution in [0.15, 0.2) is 12.1 Å². The molecule has 0 spiro atoms. The number of nitrogens with zero attached hydrogens (tertiary/aromatic N) is 1. The third-order valence-corrected chi connectivity index (χ3v) is 4.05. The lowest BCUT2D eigenvalue weighted by atomic mass is 10.1. The highest BCUT2D eigenvalue weighted by Crippen LogP contribution is 2.32. The van der Waals surface area contributed by atoms with Crippen LogP contribution in [0.4, 0.5) is 14.5 Å². The van der Waals surface area contributed by atoms with E-state index >= 15 is 0 Å². The number of hydrogen-bond donors (Lipinski definition) is 1. The van der Waals surface area contributed by atoms with Gasteiger partial charge in [-0.15, -0.1) is 0 Å². The summed E-state index contributed by atoms with van der Waals surface area (Å²) in [6, 6.07) is 3.20. The third kappa shape index (κ3) is 3.29. The first kappa shape index (κ1) is 15.2. The summed E-state index contributed by atoms with van der Waals surface area (Å²) >= 11 is 0. The Morgan fingerprint density at radius 3 is 2.25 bits per heavy atom. The van der Waals surface area contributed by atoms with E-state index in [1.54, 1.807) is 0 Å². The van der Waals surface area contributed by atoms with Gasteiger partial charge in [-0.3, -0.25) is 0 Å². The second-order valence-electron chi connectivity index (χ2n) is 5.41. The number of halogens is 2. The van der Waals surface area contributed by atoms with Crippen molar-refractivity contribution in [2.75, 3.05) is 18.0 Å². The molecule has 0 bridgehead atoms. The van der Waals surface area contributed by atoms with E-state index in [4.69, 9.17) is 0 Å². The van der Waals surface area contributed by atoms with E-state index in [-0.39, 0.29) is 11.7 Å². The minimum absolute atomic E-state index is 0.152. The molecule has 112 valence electrons. The number of anilines is 1. The molecule has 1 aromatic carbocycles. The molecular weight excluding hydrogens is 258 g/mol. The zero-order chi connectivity index (χ0) is 14.5. The lowest BCUT2D eigenvalue weighted by Crippen LogP contribution is -2.34. The zero-order valence-electron chi connectivity index (χ0n) is 12.4. The Morgan fingerprint density at radius 2 is 1.75 bits per heavy atom. The Labute approximate surface area is 120 Å². The van der Waals surface area contributed by atoms with Crippen molar-refractivity contribution in [3.8, 4) is 0 Å². The van der Waals surface area contributed by atoms with E-state index in [0.717, 1.165) is 32.2 Å². The van der Waals surface area contributed by atoms with Crippen LogP contribution in [0.1, 0.15) is 45.1 Å². The number of benzene rings is 1. The van der Waals surface area contributed by atoms with Crippen LogP contribution in [0, 0.1) is 11.6 Å². The first-order valence-electron chi connectivity index (χ1n) is 7.62. The predicted octanol–water partition coefficient (Wildman–Crippen LogP) is 3.84. The van der Waals surface area contributed by atoms with Gasteiger partial charge in [0.1, 0.15) is 17.3 Å². The van der Waals surface area contributed by atoms with Gasteiger partial charge in [0.2, 0.25) is 0 Å². The third-order valence-electron chi connectivity index (χ3n) is 4.05. The van der Waals surface area contributed by atoms with Crippen LogP contribution in [0.25, 0.3) is 0 Å². The van der Waals surface area contributed by atoms with Gasteiger partial charge in [0, 0.05) is 19.1 Å². The van der Waals surface area contributed by atoms with Crippen LogP contribution in [0.3, 0.4) is 0 Å². The number of nitrogens with one attached hydrogen (secondary N) is 1. The molecule has 0 unspecified atom stereocenters. The second-order valence-corrected chi connectivity index (χ2v) is 5.41. The monoisotopic (exact) mass is 282 g/mol. The maximum atomic E-state index is 14.3. The highest BCUT2D eigenvalue weighted by atomic mass is 19.1. The van der Waals surface area contributed by atoms with E-state index in [2.05, 4.69) is 5.32 Å². The molecule has 0 amide bonds. The first-order valence-corrected chi connectivity index (χ1v) is 7.62. The minimum Gasteiger partial charge on any atom is -0.364 e. The molecule has 1 N–H and O–H groups in total. The topological polar surface area (TPSA) is 15.3 Å². The van der Waals surface area contributed by atoms with Crippen molar-refractivity contribution in [3.05, 3.63) is 29.3 Å². The largest absolute Gasteiger partial charge is 0.364 e. The highest BCUT2D eigenvalue weighted by molar-refractivity contribution is 5.51. The van der Waals surface area contributed by atoms with Gasteiger partial charge in [-0.2, -0.15) is 0 Å². The van der Waals surface area contributed by atoms with Gasteiger partial charge in [0.05, 0.1) is 0 Å². The summed E-state index contributed by atoms with van der Waals surface area (Å²) in [4.78, 5) is 1.90. The molecule has 2 rings (SSSR count). The standard InChI is InChI=1S/C16H24F2N2/c1-3-19-11-12-9-14(17)16(15(18)10-12)20(4-2)13-7-5-6-8-13/h9-10,13,19H,3-8,11H2,1-2H3. The van der Waals surface area contributed by atoms with Crippen molar-refractivity contribution >= 4 is 5.69 Å². The zero-order valence-corrected chi connectivity index (χ0v) is 12.4. The van der Waals surface area contributed by atoms with E-state index in [9.17, 15) is 8.78 Å². The molecule has 0 radical (unpaired) electrons. The average molecular weight is 282 g/mol. The Hall–Kier alpha value is -1.16. The van der Waals surface area contributed by atoms with Crippen molar-refractivity contribution < 1.29 is 8.78 Å². The van der Waals surface area contributed by atoms with Crippen LogP contribution >= 0.6 is 0 Å². The average Bonchev–Trinajstić information content (AvgIpc) is 2.94. The lowest BCUT2D eigenvalue weighted by Gasteiger charge is -2.30. The Morgan fingerprint density at radius 1 is 1.15 bits per heavy atom. The fourth-order valence-electron chi connectivity index (χ4n) is 3.08. The van der Waals surface area contributed by atoms with Crippen molar-refractivity contribution in [1.29, 1.82) is 0 Å². The van der Waals surface area contributed by atoms with Gasteiger partial charge >= 0.3 is 0 Å². The molecule has 20 heavy (non-hydrogen) atoms. The molecule has 1 saturated carbocycles. The number of rotatable bonds is 6. The van der Waals surface area contributed by atoms with Crippen molar-refractivity contribution in [3.63, 3.8) is 0 Å². The fraction of sp³-hybridized carbons (Fsp3) is 0.625. The summed E-state index contributed by atoms with van der Waals surface area (Å²) in [6.07, 6.45) is 4.38. The van der Waals surface area contributed by atoms with E-state index in [0.29, 0.717) is 18.7 Å². The molecule has 1 fully saturated rings. The van der Waals surface area contributed by atoms with Crippen molar-refractivity contribution in [1.82, 2.24) is 5.32 Å². The summed E-state index contributed by atoms with van der Waals surface area (Å²) in [5.41, 5.74) is 0.813. The molecule has 0 heterocycles. The Balaban J connectivity index is 2.25. The maximum Gasteiger partial charge on any atom is 0.149 e. The van der Waals surface area contributed by atoms with Gasteiger partial charge in [0.15, 0.2) is 0 Å². The second kappa shape index (κ2) is 7.02. The molecule has 0 saturated heterocycles. The summed E-state index contributed by atoms with van der Waals surface area (Å²) in [6.45, 7) is 5.86. The molecule has 1 aliphatic rings. The summed E-state index contributed by atoms with van der Waals surface area (Å²) in [5, 5.41) is 3.09. The van der Waals surface area contributed by atoms with Crippen LogP contribution < -0.4 is 10.2 Å². The maximum absolute atomic E-state index is 14.3. The summed E-state index contributed by atoms with van der Waals surface area (Å²) < 4.78 is 28.6. The Kier molecular flexibility index (Phi) is 5.35. The predicted molar refractivity (Wildman–Crippen MR) is 79.0 cm³/mol. The van der Waals surface area contributed by atoms with E-state index in [1.165, 1.54) is 12.1 Å². The lowest BCUT2D eigenvalue weighted by molar-refractivity contribution is 0.537. The summed E-state index contributed by atoms with van der Waals surface area (Å²) in [7, 11) is 0. The SMILES string of the molecule is CCNCc1cc(F)c(N(CC)C2CCCC2)c(F)c1. The summed E-state index contributed by atoms with van der Waals surface area (Å²) in [5.74, 6) is -0.877. The van der Waals surface area contributed by atoms with Crippen LogP contribution in [-0.4, -0.2) is 19.1 Å². The molecule has 2 nitrogen and oxygen atoms in total.